The first-order valence-electron chi connectivity index (χ1n) is 4.79. The summed E-state index contributed by atoms with van der Waals surface area (Å²) >= 11 is 0. The van der Waals surface area contributed by atoms with Gasteiger partial charge in [0.1, 0.15) is 5.82 Å². The van der Waals surface area contributed by atoms with Gasteiger partial charge in [0.2, 0.25) is 5.91 Å². The van der Waals surface area contributed by atoms with Crippen LogP contribution in [0.1, 0.15) is 17.9 Å². The van der Waals surface area contributed by atoms with Crippen LogP contribution in [-0.4, -0.2) is 24.0 Å². The zero-order valence-corrected chi connectivity index (χ0v) is 8.61. The maximum absolute atomic E-state index is 13.1. The summed E-state index contributed by atoms with van der Waals surface area (Å²) in [6, 6.07) is 3.82. The van der Waals surface area contributed by atoms with Gasteiger partial charge >= 0.3 is 5.97 Å². The predicted molar refractivity (Wildman–Crippen MR) is 54.8 cm³/mol. The molecule has 0 aromatic heterocycles. The lowest BCUT2D eigenvalue weighted by molar-refractivity contribution is -0.140. The Labute approximate surface area is 91.3 Å². The molecule has 0 radical (unpaired) electrons. The van der Waals surface area contributed by atoms with Gasteiger partial charge < -0.3 is 10.0 Å². The van der Waals surface area contributed by atoms with Gasteiger partial charge in [0.05, 0.1) is 5.92 Å². The molecule has 0 fully saturated rings. The quantitative estimate of drug-likeness (QED) is 0.782. The van der Waals surface area contributed by atoms with Crippen LogP contribution in [-0.2, 0) is 9.59 Å². The number of rotatable bonds is 1. The molecule has 0 saturated carbocycles. The fraction of sp³-hybridized carbons (Fsp3) is 0.273. The standard InChI is InChI=1S/C11H10FNO3/c1-13-9-3-2-6(12)4-7(9)8(11(15)16)5-10(13)14/h2-4,8H,5H2,1H3,(H,15,16). The average Bonchev–Trinajstić information content (AvgIpc) is 2.22. The zero-order chi connectivity index (χ0) is 11.9. The van der Waals surface area contributed by atoms with E-state index in [0.717, 1.165) is 0 Å². The molecule has 2 rings (SSSR count). The number of hydrogen-bond acceptors (Lipinski definition) is 2. The normalized spacial score (nSPS) is 19.5. The fourth-order valence-electron chi connectivity index (χ4n) is 1.89. The minimum atomic E-state index is -1.10. The van der Waals surface area contributed by atoms with Crippen LogP contribution in [0.15, 0.2) is 18.2 Å². The van der Waals surface area contributed by atoms with Gasteiger partial charge in [0.15, 0.2) is 0 Å². The Morgan fingerprint density at radius 3 is 2.88 bits per heavy atom. The summed E-state index contributed by atoms with van der Waals surface area (Å²) in [6.45, 7) is 0. The Morgan fingerprint density at radius 1 is 1.56 bits per heavy atom. The number of benzene rings is 1. The lowest BCUT2D eigenvalue weighted by Gasteiger charge is -2.29. The van der Waals surface area contributed by atoms with Crippen molar-refractivity contribution in [2.75, 3.05) is 11.9 Å². The molecule has 4 nitrogen and oxygen atoms in total. The number of fused-ring (bicyclic) bond motifs is 1. The Bertz CT molecular complexity index is 472. The molecule has 1 heterocycles. The second kappa shape index (κ2) is 3.59. The lowest BCUT2D eigenvalue weighted by atomic mass is 9.90. The number of hydrogen-bond donors (Lipinski definition) is 1. The van der Waals surface area contributed by atoms with Crippen molar-refractivity contribution in [1.29, 1.82) is 0 Å². The summed E-state index contributed by atoms with van der Waals surface area (Å²) in [5, 5.41) is 8.99. The van der Waals surface area contributed by atoms with Gasteiger partial charge in [-0.25, -0.2) is 4.39 Å². The van der Waals surface area contributed by atoms with Crippen molar-refractivity contribution in [2.45, 2.75) is 12.3 Å². The van der Waals surface area contributed by atoms with E-state index in [1.165, 1.54) is 23.1 Å². The Morgan fingerprint density at radius 2 is 2.25 bits per heavy atom. The number of carboxylic acid groups (broad SMARTS) is 1. The summed E-state index contributed by atoms with van der Waals surface area (Å²) in [7, 11) is 1.55. The molecule has 0 bridgehead atoms. The van der Waals surface area contributed by atoms with E-state index in [9.17, 15) is 14.0 Å². The Balaban J connectivity index is 2.58. The molecule has 1 aromatic carbocycles. The molecule has 1 amide bonds. The monoisotopic (exact) mass is 223 g/mol. The molecule has 5 heteroatoms. The van der Waals surface area contributed by atoms with Crippen molar-refractivity contribution in [2.24, 2.45) is 0 Å². The van der Waals surface area contributed by atoms with Gasteiger partial charge in [-0.3, -0.25) is 9.59 Å². The molecule has 1 atom stereocenters. The van der Waals surface area contributed by atoms with E-state index >= 15 is 0 Å². The first-order valence-corrected chi connectivity index (χ1v) is 4.79. The first-order chi connectivity index (χ1) is 7.50. The van der Waals surface area contributed by atoms with Gasteiger partial charge in [0.25, 0.3) is 0 Å². The number of aliphatic carboxylic acids is 1. The van der Waals surface area contributed by atoms with E-state index < -0.39 is 17.7 Å². The number of anilines is 1. The molecule has 1 aliphatic rings. The van der Waals surface area contributed by atoms with Crippen molar-refractivity contribution in [3.63, 3.8) is 0 Å². The number of carboxylic acids is 1. The van der Waals surface area contributed by atoms with Crippen molar-refractivity contribution >= 4 is 17.6 Å². The van der Waals surface area contributed by atoms with Crippen molar-refractivity contribution in [3.8, 4) is 0 Å². The van der Waals surface area contributed by atoms with Crippen LogP contribution in [0.25, 0.3) is 0 Å². The summed E-state index contributed by atoms with van der Waals surface area (Å²) in [5.74, 6) is -2.82. The molecule has 16 heavy (non-hydrogen) atoms. The van der Waals surface area contributed by atoms with Crippen LogP contribution in [0.5, 0.6) is 0 Å². The number of carbonyl (C=O) groups excluding carboxylic acids is 1. The molecule has 1 aromatic rings. The molecule has 84 valence electrons. The van der Waals surface area contributed by atoms with Crippen molar-refractivity contribution in [3.05, 3.63) is 29.6 Å². The van der Waals surface area contributed by atoms with Gasteiger partial charge in [0, 0.05) is 19.2 Å². The van der Waals surface area contributed by atoms with E-state index in [1.54, 1.807) is 7.05 Å². The molecule has 0 spiro atoms. The molecule has 1 N–H and O–H groups in total. The highest BCUT2D eigenvalue weighted by atomic mass is 19.1. The van der Waals surface area contributed by atoms with E-state index in [1.807, 2.05) is 0 Å². The third-order valence-corrected chi connectivity index (χ3v) is 2.78. The number of carbonyl (C=O) groups is 2. The van der Waals surface area contributed by atoms with Crippen LogP contribution in [0.2, 0.25) is 0 Å². The summed E-state index contributed by atoms with van der Waals surface area (Å²) in [4.78, 5) is 23.9. The van der Waals surface area contributed by atoms with E-state index in [4.69, 9.17) is 5.11 Å². The van der Waals surface area contributed by atoms with Crippen LogP contribution in [0.3, 0.4) is 0 Å². The molecular weight excluding hydrogens is 213 g/mol. The maximum Gasteiger partial charge on any atom is 0.311 e. The Kier molecular flexibility index (Phi) is 2.38. The molecule has 1 unspecified atom stereocenters. The van der Waals surface area contributed by atoms with Gasteiger partial charge in [-0.1, -0.05) is 0 Å². The van der Waals surface area contributed by atoms with Crippen LogP contribution in [0.4, 0.5) is 10.1 Å². The number of amides is 1. The van der Waals surface area contributed by atoms with Gasteiger partial charge in [-0.2, -0.15) is 0 Å². The van der Waals surface area contributed by atoms with Crippen molar-refractivity contribution in [1.82, 2.24) is 0 Å². The number of nitrogens with zero attached hydrogens (tertiary/aromatic N) is 1. The molecule has 0 aliphatic carbocycles. The maximum atomic E-state index is 13.1. The highest BCUT2D eigenvalue weighted by Crippen LogP contribution is 2.35. The first kappa shape index (κ1) is 10.6. The molecule has 1 aliphatic heterocycles. The molecular formula is C11H10FNO3. The highest BCUT2D eigenvalue weighted by molar-refractivity contribution is 6.01. The summed E-state index contributed by atoms with van der Waals surface area (Å²) in [6.07, 6.45) is -0.123. The predicted octanol–water partition coefficient (Wildman–Crippen LogP) is 1.36. The van der Waals surface area contributed by atoms with Crippen molar-refractivity contribution < 1.29 is 19.1 Å². The van der Waals surface area contributed by atoms with E-state index in [2.05, 4.69) is 0 Å². The smallest absolute Gasteiger partial charge is 0.311 e. The van der Waals surface area contributed by atoms with Gasteiger partial charge in [-0.15, -0.1) is 0 Å². The summed E-state index contributed by atoms with van der Waals surface area (Å²) < 4.78 is 13.1. The van der Waals surface area contributed by atoms with Crippen LogP contribution < -0.4 is 4.90 Å². The van der Waals surface area contributed by atoms with Gasteiger partial charge in [-0.05, 0) is 23.8 Å². The highest BCUT2D eigenvalue weighted by Gasteiger charge is 2.33. The lowest BCUT2D eigenvalue weighted by Crippen LogP contribution is -2.35. The largest absolute Gasteiger partial charge is 0.481 e. The van der Waals surface area contributed by atoms with E-state index in [0.29, 0.717) is 11.3 Å². The van der Waals surface area contributed by atoms with Crippen LogP contribution in [0, 0.1) is 5.82 Å². The average molecular weight is 223 g/mol. The SMILES string of the molecule is CN1C(=O)CC(C(=O)O)c2cc(F)ccc21. The molecule has 0 saturated heterocycles. The van der Waals surface area contributed by atoms with Crippen LogP contribution >= 0.6 is 0 Å². The third-order valence-electron chi connectivity index (χ3n) is 2.78. The fourth-order valence-corrected chi connectivity index (χ4v) is 1.89. The minimum absolute atomic E-state index is 0.123. The third kappa shape index (κ3) is 1.54. The minimum Gasteiger partial charge on any atom is -0.481 e. The second-order valence-electron chi connectivity index (χ2n) is 3.75. The second-order valence-corrected chi connectivity index (χ2v) is 3.75. The summed E-state index contributed by atoms with van der Waals surface area (Å²) in [5.41, 5.74) is 0.819. The topological polar surface area (TPSA) is 57.6 Å². The zero-order valence-electron chi connectivity index (χ0n) is 8.61. The van der Waals surface area contributed by atoms with E-state index in [-0.39, 0.29) is 12.3 Å². The Hall–Kier alpha value is -1.91. The number of halogens is 1.